The van der Waals surface area contributed by atoms with E-state index < -0.39 is 35.0 Å². The van der Waals surface area contributed by atoms with Gasteiger partial charge in [0, 0.05) is 5.39 Å². The van der Waals surface area contributed by atoms with Gasteiger partial charge in [0.25, 0.3) is 0 Å². The Bertz CT molecular complexity index is 1260. The number of alkyl halides is 2. The van der Waals surface area contributed by atoms with Gasteiger partial charge in [-0.15, -0.1) is 0 Å². The topological polar surface area (TPSA) is 95.7 Å². The second-order valence-corrected chi connectivity index (χ2v) is 8.97. The van der Waals surface area contributed by atoms with Crippen molar-refractivity contribution in [3.05, 3.63) is 58.8 Å². The fraction of sp³-hybridized carbons (Fsp3) is 0.348. The first-order chi connectivity index (χ1) is 14.9. The van der Waals surface area contributed by atoms with Crippen LogP contribution in [0.1, 0.15) is 56.2 Å². The second-order valence-electron chi connectivity index (χ2n) is 8.97. The maximum Gasteiger partial charge on any atom is 0.432 e. The number of nitrogens with zero attached hydrogens (tertiary/aromatic N) is 3. The zero-order chi connectivity index (χ0) is 23.6. The molecule has 2 N–H and O–H groups in total. The second kappa shape index (κ2) is 7.09. The summed E-state index contributed by atoms with van der Waals surface area (Å²) in [5, 5.41) is 24.3. The molecule has 1 atom stereocenters. The fourth-order valence-electron chi connectivity index (χ4n) is 4.29. The zero-order valence-corrected chi connectivity index (χ0v) is 18.1. The average molecular weight is 443 g/mol. The number of hydrogen-bond acceptors (Lipinski definition) is 4. The number of benzene rings is 2. The Morgan fingerprint density at radius 1 is 1.19 bits per heavy atom. The molecule has 1 aliphatic rings. The molecular weight excluding hydrogens is 420 g/mol. The third-order valence-electron chi connectivity index (χ3n) is 5.72. The molecule has 2 aromatic carbocycles. The summed E-state index contributed by atoms with van der Waals surface area (Å²) in [5.41, 5.74) is 0.330. The highest BCUT2D eigenvalue weighted by Gasteiger charge is 2.54. The van der Waals surface area contributed by atoms with Gasteiger partial charge in [-0.05, 0) is 35.6 Å². The molecule has 168 valence electrons. The van der Waals surface area contributed by atoms with Crippen LogP contribution in [-0.2, 0) is 22.7 Å². The Kier molecular flexibility index (Phi) is 4.85. The lowest BCUT2D eigenvalue weighted by molar-refractivity contribution is -0.141. The van der Waals surface area contributed by atoms with Gasteiger partial charge in [0.05, 0.1) is 35.1 Å². The summed E-state index contributed by atoms with van der Waals surface area (Å²) in [5.74, 6) is -5.26. The van der Waals surface area contributed by atoms with Crippen LogP contribution in [0.5, 0.6) is 0 Å². The standard InChI is InChI=1S/C23H23F2N3O4/c1-12(29)13-7-5-10-17-19(13)23(24,25)20(30)27(17)11-15-18-14(22(2,3)4)8-6-9-16(18)28(26-15)21(31)32/h5-10,12,29H,11H2,1-4H3,(H,31,32)/t12-/m0/s1. The van der Waals surface area contributed by atoms with Crippen molar-refractivity contribution in [1.29, 1.82) is 0 Å². The molecule has 32 heavy (non-hydrogen) atoms. The van der Waals surface area contributed by atoms with E-state index in [1.165, 1.54) is 25.1 Å². The van der Waals surface area contributed by atoms with Crippen molar-refractivity contribution in [3.63, 3.8) is 0 Å². The molecule has 4 rings (SSSR count). The number of aromatic nitrogens is 2. The Morgan fingerprint density at radius 2 is 1.84 bits per heavy atom. The van der Waals surface area contributed by atoms with Gasteiger partial charge < -0.3 is 15.1 Å². The summed E-state index contributed by atoms with van der Waals surface area (Å²) in [6.07, 6.45) is -2.51. The molecular formula is C23H23F2N3O4. The number of carboxylic acid groups (broad SMARTS) is 1. The van der Waals surface area contributed by atoms with E-state index in [1.807, 2.05) is 26.8 Å². The van der Waals surface area contributed by atoms with Crippen LogP contribution in [0.2, 0.25) is 0 Å². The van der Waals surface area contributed by atoms with E-state index in [0.717, 1.165) is 15.1 Å². The number of anilines is 1. The van der Waals surface area contributed by atoms with Crippen molar-refractivity contribution in [2.75, 3.05) is 4.90 Å². The first-order valence-corrected chi connectivity index (χ1v) is 10.1. The Hall–Kier alpha value is -3.33. The molecule has 0 bridgehead atoms. The van der Waals surface area contributed by atoms with Crippen LogP contribution in [0.3, 0.4) is 0 Å². The largest absolute Gasteiger partial charge is 0.463 e. The van der Waals surface area contributed by atoms with Gasteiger partial charge in [-0.1, -0.05) is 45.0 Å². The zero-order valence-electron chi connectivity index (χ0n) is 18.1. The van der Waals surface area contributed by atoms with Gasteiger partial charge in [0.2, 0.25) is 0 Å². The van der Waals surface area contributed by atoms with Crippen LogP contribution in [0.4, 0.5) is 19.3 Å². The van der Waals surface area contributed by atoms with E-state index in [9.17, 15) is 28.6 Å². The lowest BCUT2D eigenvalue weighted by Crippen LogP contribution is -2.34. The number of aliphatic hydroxyl groups excluding tert-OH is 1. The van der Waals surface area contributed by atoms with E-state index in [1.54, 1.807) is 12.1 Å². The Balaban J connectivity index is 1.93. The number of halogens is 2. The summed E-state index contributed by atoms with van der Waals surface area (Å²) >= 11 is 0. The van der Waals surface area contributed by atoms with Crippen molar-refractivity contribution in [2.45, 2.75) is 51.7 Å². The minimum Gasteiger partial charge on any atom is -0.463 e. The minimum absolute atomic E-state index is 0.0235. The summed E-state index contributed by atoms with van der Waals surface area (Å²) in [4.78, 5) is 25.5. The minimum atomic E-state index is -3.82. The molecule has 9 heteroatoms. The van der Waals surface area contributed by atoms with Crippen LogP contribution in [0.25, 0.3) is 10.9 Å². The maximum atomic E-state index is 15.0. The molecule has 1 amide bonds. The molecule has 0 saturated carbocycles. The van der Waals surface area contributed by atoms with Crippen molar-refractivity contribution >= 4 is 28.6 Å². The first-order valence-electron chi connectivity index (χ1n) is 10.1. The van der Waals surface area contributed by atoms with Crippen molar-refractivity contribution < 1.29 is 28.6 Å². The van der Waals surface area contributed by atoms with Crippen LogP contribution >= 0.6 is 0 Å². The normalized spacial score (nSPS) is 16.5. The van der Waals surface area contributed by atoms with E-state index in [2.05, 4.69) is 5.10 Å². The van der Waals surface area contributed by atoms with Crippen molar-refractivity contribution in [2.24, 2.45) is 0 Å². The third-order valence-corrected chi connectivity index (χ3v) is 5.72. The van der Waals surface area contributed by atoms with Crippen molar-refractivity contribution in [3.8, 4) is 0 Å². The van der Waals surface area contributed by atoms with Crippen LogP contribution in [-0.4, -0.2) is 32.0 Å². The molecule has 3 aromatic rings. The highest BCUT2D eigenvalue weighted by Crippen LogP contribution is 2.48. The number of aliphatic hydroxyl groups is 1. The van der Waals surface area contributed by atoms with E-state index in [0.29, 0.717) is 10.9 Å². The SMILES string of the molecule is C[C@H](O)c1cccc2c1C(F)(F)C(=O)N2Cc1nn(C(=O)O)c2cccc(C(C)(C)C)c12. The molecule has 2 heterocycles. The lowest BCUT2D eigenvalue weighted by atomic mass is 9.84. The summed E-state index contributed by atoms with van der Waals surface area (Å²) in [6, 6.07) is 9.39. The summed E-state index contributed by atoms with van der Waals surface area (Å²) in [6.45, 7) is 6.86. The van der Waals surface area contributed by atoms with Gasteiger partial charge in [-0.2, -0.15) is 18.6 Å². The smallest absolute Gasteiger partial charge is 0.432 e. The van der Waals surface area contributed by atoms with Gasteiger partial charge in [-0.25, -0.2) is 4.79 Å². The van der Waals surface area contributed by atoms with Gasteiger partial charge in [-0.3, -0.25) is 4.79 Å². The molecule has 0 unspecified atom stereocenters. The summed E-state index contributed by atoms with van der Waals surface area (Å²) in [7, 11) is 0. The monoisotopic (exact) mass is 443 g/mol. The molecule has 1 aliphatic heterocycles. The van der Waals surface area contributed by atoms with Gasteiger partial charge in [0.1, 0.15) is 0 Å². The molecule has 0 saturated heterocycles. The van der Waals surface area contributed by atoms with Crippen molar-refractivity contribution in [1.82, 2.24) is 9.78 Å². The van der Waals surface area contributed by atoms with E-state index in [-0.39, 0.29) is 23.5 Å². The maximum absolute atomic E-state index is 15.0. The number of rotatable bonds is 3. The van der Waals surface area contributed by atoms with Gasteiger partial charge >= 0.3 is 17.9 Å². The fourth-order valence-corrected chi connectivity index (χ4v) is 4.29. The number of carbonyl (C=O) groups excluding carboxylic acids is 1. The van der Waals surface area contributed by atoms with Crippen LogP contribution in [0.15, 0.2) is 36.4 Å². The van der Waals surface area contributed by atoms with Gasteiger partial charge in [0.15, 0.2) is 0 Å². The first kappa shape index (κ1) is 21.9. The molecule has 0 radical (unpaired) electrons. The number of carbonyl (C=O) groups is 2. The van der Waals surface area contributed by atoms with Crippen LogP contribution in [0, 0.1) is 0 Å². The number of fused-ring (bicyclic) bond motifs is 2. The quantitative estimate of drug-likeness (QED) is 0.619. The molecule has 0 fully saturated rings. The average Bonchev–Trinajstić information content (AvgIpc) is 3.16. The third kappa shape index (κ3) is 3.15. The number of amides is 1. The highest BCUT2D eigenvalue weighted by atomic mass is 19.3. The Morgan fingerprint density at radius 3 is 2.44 bits per heavy atom. The highest BCUT2D eigenvalue weighted by molar-refractivity contribution is 6.06. The lowest BCUT2D eigenvalue weighted by Gasteiger charge is -2.22. The number of hydrogen-bond donors (Lipinski definition) is 2. The molecule has 0 aliphatic carbocycles. The van der Waals surface area contributed by atoms with E-state index in [4.69, 9.17) is 0 Å². The predicted octanol–water partition coefficient (Wildman–Crippen LogP) is 4.55. The van der Waals surface area contributed by atoms with Crippen LogP contribution < -0.4 is 4.90 Å². The summed E-state index contributed by atoms with van der Waals surface area (Å²) < 4.78 is 30.8. The van der Waals surface area contributed by atoms with E-state index >= 15 is 0 Å². The molecule has 0 spiro atoms. The predicted molar refractivity (Wildman–Crippen MR) is 114 cm³/mol. The Labute approximate surface area is 182 Å². The molecule has 1 aromatic heterocycles. The molecule has 7 nitrogen and oxygen atoms in total.